The van der Waals surface area contributed by atoms with Gasteiger partial charge in [-0.3, -0.25) is 14.6 Å². The number of rotatable bonds is 4. The summed E-state index contributed by atoms with van der Waals surface area (Å²) < 4.78 is 13.3. The standard InChI is InChI=1S/C17H18BrN3O4/c1-20-10-12(15(24-2)7-16(20)22)17(23)21-6-4-11(9-21)25-14-3-5-19-8-13(14)18/h3,5,7-8,10-11H,4,6,9H2,1-2H3. The summed E-state index contributed by atoms with van der Waals surface area (Å²) in [5.41, 5.74) is 0.147. The molecule has 2 aromatic rings. The third-order valence-electron chi connectivity index (χ3n) is 4.10. The molecule has 3 rings (SSSR count). The number of likely N-dealkylation sites (tertiary alicyclic amines) is 1. The van der Waals surface area contributed by atoms with Crippen LogP contribution in [0.2, 0.25) is 0 Å². The predicted octanol–water partition coefficient (Wildman–Crippen LogP) is 1.84. The molecule has 132 valence electrons. The second-order valence-electron chi connectivity index (χ2n) is 5.79. The van der Waals surface area contributed by atoms with E-state index in [0.29, 0.717) is 24.4 Å². The number of ether oxygens (including phenoxy) is 2. The molecule has 8 heteroatoms. The molecule has 1 atom stereocenters. The highest BCUT2D eigenvalue weighted by molar-refractivity contribution is 9.10. The van der Waals surface area contributed by atoms with Gasteiger partial charge in [-0.1, -0.05) is 0 Å². The van der Waals surface area contributed by atoms with Gasteiger partial charge in [0.2, 0.25) is 0 Å². The average Bonchev–Trinajstić information content (AvgIpc) is 3.07. The molecule has 3 heterocycles. The van der Waals surface area contributed by atoms with E-state index < -0.39 is 0 Å². The Morgan fingerprint density at radius 3 is 2.92 bits per heavy atom. The highest BCUT2D eigenvalue weighted by Crippen LogP contribution is 2.27. The Labute approximate surface area is 153 Å². The van der Waals surface area contributed by atoms with E-state index in [-0.39, 0.29) is 23.3 Å². The number of hydrogen-bond donors (Lipinski definition) is 0. The van der Waals surface area contributed by atoms with E-state index >= 15 is 0 Å². The van der Waals surface area contributed by atoms with E-state index in [1.165, 1.54) is 23.9 Å². The zero-order chi connectivity index (χ0) is 18.0. The van der Waals surface area contributed by atoms with Crippen molar-refractivity contribution in [2.75, 3.05) is 20.2 Å². The lowest BCUT2D eigenvalue weighted by Crippen LogP contribution is -2.32. The van der Waals surface area contributed by atoms with E-state index in [2.05, 4.69) is 20.9 Å². The molecule has 0 aliphatic carbocycles. The van der Waals surface area contributed by atoms with Crippen molar-refractivity contribution in [3.05, 3.63) is 51.1 Å². The number of pyridine rings is 2. The van der Waals surface area contributed by atoms with Crippen LogP contribution in [-0.2, 0) is 7.05 Å². The van der Waals surface area contributed by atoms with Crippen LogP contribution in [0.4, 0.5) is 0 Å². The molecule has 0 aromatic carbocycles. The highest BCUT2D eigenvalue weighted by atomic mass is 79.9. The molecule has 0 N–H and O–H groups in total. The van der Waals surface area contributed by atoms with Gasteiger partial charge in [0.15, 0.2) is 0 Å². The third kappa shape index (κ3) is 3.68. The molecule has 2 aromatic heterocycles. The van der Waals surface area contributed by atoms with Gasteiger partial charge in [-0.25, -0.2) is 0 Å². The van der Waals surface area contributed by atoms with Crippen LogP contribution in [0.3, 0.4) is 0 Å². The Kier molecular flexibility index (Phi) is 5.08. The summed E-state index contributed by atoms with van der Waals surface area (Å²) in [4.78, 5) is 30.2. The van der Waals surface area contributed by atoms with Gasteiger partial charge in [0, 0.05) is 44.7 Å². The molecule has 0 saturated carbocycles. The van der Waals surface area contributed by atoms with Crippen molar-refractivity contribution in [1.82, 2.24) is 14.5 Å². The number of carbonyl (C=O) groups excluding carboxylic acids is 1. The lowest BCUT2D eigenvalue weighted by atomic mass is 10.2. The largest absolute Gasteiger partial charge is 0.496 e. The minimum atomic E-state index is -0.224. The summed E-state index contributed by atoms with van der Waals surface area (Å²) in [7, 11) is 3.05. The minimum Gasteiger partial charge on any atom is -0.496 e. The number of amides is 1. The molecule has 0 spiro atoms. The predicted molar refractivity (Wildman–Crippen MR) is 95.1 cm³/mol. The molecule has 1 fully saturated rings. The first kappa shape index (κ1) is 17.5. The number of aromatic nitrogens is 2. The molecule has 1 amide bonds. The van der Waals surface area contributed by atoms with Crippen LogP contribution in [-0.4, -0.2) is 46.7 Å². The molecule has 1 aliphatic rings. The zero-order valence-electron chi connectivity index (χ0n) is 13.9. The van der Waals surface area contributed by atoms with Gasteiger partial charge in [0.25, 0.3) is 11.5 Å². The van der Waals surface area contributed by atoms with Crippen LogP contribution in [0.1, 0.15) is 16.8 Å². The fourth-order valence-electron chi connectivity index (χ4n) is 2.76. The normalized spacial score (nSPS) is 16.8. The van der Waals surface area contributed by atoms with Crippen molar-refractivity contribution < 1.29 is 14.3 Å². The maximum absolute atomic E-state index is 12.8. The number of halogens is 1. The summed E-state index contributed by atoms with van der Waals surface area (Å²) in [6.45, 7) is 1.05. The molecule has 1 unspecified atom stereocenters. The van der Waals surface area contributed by atoms with E-state index in [9.17, 15) is 9.59 Å². The van der Waals surface area contributed by atoms with Gasteiger partial charge < -0.3 is 18.9 Å². The van der Waals surface area contributed by atoms with Crippen LogP contribution >= 0.6 is 15.9 Å². The number of hydrogen-bond acceptors (Lipinski definition) is 5. The Morgan fingerprint density at radius 1 is 1.40 bits per heavy atom. The molecule has 7 nitrogen and oxygen atoms in total. The molecule has 25 heavy (non-hydrogen) atoms. The summed E-state index contributed by atoms with van der Waals surface area (Å²) in [5.74, 6) is 0.815. The lowest BCUT2D eigenvalue weighted by molar-refractivity contribution is 0.0768. The Balaban J connectivity index is 1.74. The molecular formula is C17H18BrN3O4. The second-order valence-corrected chi connectivity index (χ2v) is 6.64. The van der Waals surface area contributed by atoms with Gasteiger partial charge in [-0.15, -0.1) is 0 Å². The summed E-state index contributed by atoms with van der Waals surface area (Å²) in [6.07, 6.45) is 5.47. The lowest BCUT2D eigenvalue weighted by Gasteiger charge is -2.19. The number of nitrogens with zero attached hydrogens (tertiary/aromatic N) is 3. The molecule has 1 aliphatic heterocycles. The van der Waals surface area contributed by atoms with Gasteiger partial charge in [0.1, 0.15) is 17.6 Å². The van der Waals surface area contributed by atoms with Crippen LogP contribution < -0.4 is 15.0 Å². The summed E-state index contributed by atoms with van der Waals surface area (Å²) >= 11 is 3.40. The van der Waals surface area contributed by atoms with E-state index in [1.807, 2.05) is 0 Å². The van der Waals surface area contributed by atoms with Gasteiger partial charge in [-0.05, 0) is 22.0 Å². The van der Waals surface area contributed by atoms with Gasteiger partial charge in [0.05, 0.1) is 23.7 Å². The maximum atomic E-state index is 12.8. The van der Waals surface area contributed by atoms with Crippen LogP contribution in [0.5, 0.6) is 11.5 Å². The van der Waals surface area contributed by atoms with Crippen molar-refractivity contribution >= 4 is 21.8 Å². The first-order chi connectivity index (χ1) is 12.0. The third-order valence-corrected chi connectivity index (χ3v) is 4.70. The fourth-order valence-corrected chi connectivity index (χ4v) is 3.10. The maximum Gasteiger partial charge on any atom is 0.259 e. The van der Waals surface area contributed by atoms with Gasteiger partial charge >= 0.3 is 0 Å². The van der Waals surface area contributed by atoms with Crippen molar-refractivity contribution in [2.45, 2.75) is 12.5 Å². The van der Waals surface area contributed by atoms with Crippen molar-refractivity contribution in [1.29, 1.82) is 0 Å². The average molecular weight is 408 g/mol. The molecule has 1 saturated heterocycles. The van der Waals surface area contributed by atoms with Gasteiger partial charge in [-0.2, -0.15) is 0 Å². The smallest absolute Gasteiger partial charge is 0.259 e. The Bertz CT molecular complexity index is 852. The van der Waals surface area contributed by atoms with E-state index in [0.717, 1.165) is 10.9 Å². The van der Waals surface area contributed by atoms with Crippen molar-refractivity contribution in [3.8, 4) is 11.5 Å². The Hall–Kier alpha value is -2.35. The van der Waals surface area contributed by atoms with E-state index in [4.69, 9.17) is 9.47 Å². The topological polar surface area (TPSA) is 73.7 Å². The van der Waals surface area contributed by atoms with Crippen LogP contribution in [0, 0.1) is 0 Å². The summed E-state index contributed by atoms with van der Waals surface area (Å²) in [6, 6.07) is 3.11. The first-order valence-corrected chi connectivity index (χ1v) is 8.59. The van der Waals surface area contributed by atoms with Crippen LogP contribution in [0.15, 0.2) is 40.0 Å². The monoisotopic (exact) mass is 407 g/mol. The zero-order valence-corrected chi connectivity index (χ0v) is 15.5. The first-order valence-electron chi connectivity index (χ1n) is 7.79. The molecule has 0 radical (unpaired) electrons. The van der Waals surface area contributed by atoms with Crippen LogP contribution in [0.25, 0.3) is 0 Å². The van der Waals surface area contributed by atoms with E-state index in [1.54, 1.807) is 30.4 Å². The highest BCUT2D eigenvalue weighted by Gasteiger charge is 2.30. The number of aryl methyl sites for hydroxylation is 1. The minimum absolute atomic E-state index is 0.0961. The number of carbonyl (C=O) groups is 1. The Morgan fingerprint density at radius 2 is 2.20 bits per heavy atom. The number of methoxy groups -OCH3 is 1. The second kappa shape index (κ2) is 7.26. The van der Waals surface area contributed by atoms with Crippen molar-refractivity contribution in [3.63, 3.8) is 0 Å². The fraction of sp³-hybridized carbons (Fsp3) is 0.353. The quantitative estimate of drug-likeness (QED) is 0.772. The summed E-state index contributed by atoms with van der Waals surface area (Å²) in [5, 5.41) is 0. The van der Waals surface area contributed by atoms with Crippen molar-refractivity contribution in [2.24, 2.45) is 7.05 Å². The molecular weight excluding hydrogens is 390 g/mol. The molecule has 0 bridgehead atoms. The SMILES string of the molecule is COc1cc(=O)n(C)cc1C(=O)N1CCC(Oc2ccncc2Br)C1.